The smallest absolute Gasteiger partial charge is 0.124 e. The molecular weight excluding hydrogens is 265 g/mol. The van der Waals surface area contributed by atoms with Crippen LogP contribution in [0.3, 0.4) is 0 Å². The Hall–Kier alpha value is -0.800. The minimum atomic E-state index is -0.311. The van der Waals surface area contributed by atoms with Crippen molar-refractivity contribution >= 4 is 17.3 Å². The summed E-state index contributed by atoms with van der Waals surface area (Å²) in [6.45, 7) is 7.16. The molecule has 0 aromatic heterocycles. The summed E-state index contributed by atoms with van der Waals surface area (Å²) >= 11 is 6.05. The zero-order valence-corrected chi connectivity index (χ0v) is 12.4. The number of ether oxygens (including phenoxy) is 1. The molecule has 1 aromatic carbocycles. The van der Waals surface area contributed by atoms with Gasteiger partial charge in [0.25, 0.3) is 0 Å². The van der Waals surface area contributed by atoms with Crippen LogP contribution in [0.25, 0.3) is 0 Å². The van der Waals surface area contributed by atoms with Crippen LogP contribution in [0, 0.1) is 11.2 Å². The quantitative estimate of drug-likeness (QED) is 0.861. The number of halogens is 2. The van der Waals surface area contributed by atoms with Gasteiger partial charge in [-0.05, 0) is 38.0 Å². The van der Waals surface area contributed by atoms with Crippen molar-refractivity contribution in [3.63, 3.8) is 0 Å². The van der Waals surface area contributed by atoms with E-state index in [9.17, 15) is 4.39 Å². The van der Waals surface area contributed by atoms with Gasteiger partial charge in [0.1, 0.15) is 5.82 Å². The van der Waals surface area contributed by atoms with E-state index in [4.69, 9.17) is 16.3 Å². The van der Waals surface area contributed by atoms with Crippen LogP contribution in [0.4, 0.5) is 10.1 Å². The molecule has 1 aromatic rings. The standard InChI is InChI=1S/C15H21ClFNO/c1-4-15(3)13(9-14(15)19-5-2)18-12-7-6-10(17)8-11(12)16/h6-8,13-14,18H,4-5,9H2,1-3H3. The fourth-order valence-electron chi connectivity index (χ4n) is 2.77. The molecule has 0 heterocycles. The maximum absolute atomic E-state index is 13.0. The van der Waals surface area contributed by atoms with Crippen molar-refractivity contribution in [1.82, 2.24) is 0 Å². The molecule has 0 radical (unpaired) electrons. The molecule has 4 heteroatoms. The maximum atomic E-state index is 13.0. The molecule has 1 fully saturated rings. The average molecular weight is 286 g/mol. The molecule has 0 saturated heterocycles. The van der Waals surface area contributed by atoms with Crippen LogP contribution in [0.5, 0.6) is 0 Å². The Bertz CT molecular complexity index is 454. The first kappa shape index (κ1) is 14.6. The molecule has 3 unspecified atom stereocenters. The van der Waals surface area contributed by atoms with E-state index in [2.05, 4.69) is 19.2 Å². The monoisotopic (exact) mass is 285 g/mol. The number of nitrogens with one attached hydrogen (secondary N) is 1. The van der Waals surface area contributed by atoms with E-state index in [0.29, 0.717) is 17.2 Å². The van der Waals surface area contributed by atoms with Gasteiger partial charge in [0.15, 0.2) is 0 Å². The molecule has 0 spiro atoms. The molecular formula is C15H21ClFNO. The van der Waals surface area contributed by atoms with Crippen molar-refractivity contribution in [2.45, 2.75) is 45.8 Å². The van der Waals surface area contributed by atoms with Gasteiger partial charge in [0.2, 0.25) is 0 Å². The van der Waals surface area contributed by atoms with Gasteiger partial charge < -0.3 is 10.1 Å². The Morgan fingerprint density at radius 2 is 2.21 bits per heavy atom. The fraction of sp³-hybridized carbons (Fsp3) is 0.600. The van der Waals surface area contributed by atoms with Gasteiger partial charge in [0, 0.05) is 18.1 Å². The molecule has 3 atom stereocenters. The Labute approximate surface area is 119 Å². The molecule has 2 rings (SSSR count). The van der Waals surface area contributed by atoms with Crippen LogP contribution < -0.4 is 5.32 Å². The first-order chi connectivity index (χ1) is 9.01. The average Bonchev–Trinajstić information content (AvgIpc) is 2.39. The number of benzene rings is 1. The van der Waals surface area contributed by atoms with E-state index in [1.807, 2.05) is 6.92 Å². The summed E-state index contributed by atoms with van der Waals surface area (Å²) in [5, 5.41) is 3.85. The normalized spacial score (nSPS) is 29.9. The third kappa shape index (κ3) is 2.72. The second-order valence-corrected chi connectivity index (χ2v) is 5.77. The first-order valence-electron chi connectivity index (χ1n) is 6.84. The molecule has 106 valence electrons. The fourth-order valence-corrected chi connectivity index (χ4v) is 2.99. The van der Waals surface area contributed by atoms with E-state index in [-0.39, 0.29) is 11.2 Å². The van der Waals surface area contributed by atoms with Gasteiger partial charge in [0.05, 0.1) is 16.8 Å². The van der Waals surface area contributed by atoms with Crippen molar-refractivity contribution in [2.75, 3.05) is 11.9 Å². The Kier molecular flexibility index (Phi) is 4.36. The molecule has 2 nitrogen and oxygen atoms in total. The van der Waals surface area contributed by atoms with E-state index < -0.39 is 0 Å². The highest BCUT2D eigenvalue weighted by molar-refractivity contribution is 6.33. The topological polar surface area (TPSA) is 21.3 Å². The molecule has 0 amide bonds. The van der Waals surface area contributed by atoms with E-state index in [0.717, 1.165) is 25.1 Å². The van der Waals surface area contributed by atoms with Crippen LogP contribution in [-0.2, 0) is 4.74 Å². The molecule has 19 heavy (non-hydrogen) atoms. The van der Waals surface area contributed by atoms with Crippen molar-refractivity contribution in [2.24, 2.45) is 5.41 Å². The van der Waals surface area contributed by atoms with Gasteiger partial charge in [-0.3, -0.25) is 0 Å². The zero-order chi connectivity index (χ0) is 14.0. The third-order valence-corrected chi connectivity index (χ3v) is 4.68. The van der Waals surface area contributed by atoms with Gasteiger partial charge in [-0.2, -0.15) is 0 Å². The summed E-state index contributed by atoms with van der Waals surface area (Å²) in [7, 11) is 0. The lowest BCUT2D eigenvalue weighted by atomic mass is 9.61. The summed E-state index contributed by atoms with van der Waals surface area (Å²) in [5.74, 6) is -0.311. The summed E-state index contributed by atoms with van der Waals surface area (Å²) in [5.41, 5.74) is 0.899. The zero-order valence-electron chi connectivity index (χ0n) is 11.7. The van der Waals surface area contributed by atoms with Crippen LogP contribution in [0.2, 0.25) is 5.02 Å². The molecule has 1 aliphatic rings. The number of rotatable bonds is 5. The highest BCUT2D eigenvalue weighted by Crippen LogP contribution is 2.47. The van der Waals surface area contributed by atoms with Crippen molar-refractivity contribution in [3.05, 3.63) is 29.0 Å². The summed E-state index contributed by atoms with van der Waals surface area (Å²) in [6.07, 6.45) is 2.29. The Morgan fingerprint density at radius 3 is 2.79 bits per heavy atom. The van der Waals surface area contributed by atoms with Crippen LogP contribution in [0.15, 0.2) is 18.2 Å². The molecule has 1 N–H and O–H groups in total. The second kappa shape index (κ2) is 5.68. The predicted molar refractivity (Wildman–Crippen MR) is 77.2 cm³/mol. The van der Waals surface area contributed by atoms with E-state index in [1.165, 1.54) is 12.1 Å². The molecule has 1 aliphatic carbocycles. The molecule has 0 bridgehead atoms. The Balaban J connectivity index is 2.08. The highest BCUT2D eigenvalue weighted by atomic mass is 35.5. The number of hydrogen-bond acceptors (Lipinski definition) is 2. The SMILES string of the molecule is CCOC1CC(Nc2ccc(F)cc2Cl)C1(C)CC. The van der Waals surface area contributed by atoms with Gasteiger partial charge in [-0.25, -0.2) is 4.39 Å². The summed E-state index contributed by atoms with van der Waals surface area (Å²) < 4.78 is 18.8. The minimum Gasteiger partial charge on any atom is -0.380 e. The van der Waals surface area contributed by atoms with Gasteiger partial charge >= 0.3 is 0 Å². The van der Waals surface area contributed by atoms with E-state index in [1.54, 1.807) is 6.07 Å². The lowest BCUT2D eigenvalue weighted by molar-refractivity contribution is -0.109. The molecule has 0 aliphatic heterocycles. The molecule has 1 saturated carbocycles. The van der Waals surface area contributed by atoms with E-state index >= 15 is 0 Å². The third-order valence-electron chi connectivity index (χ3n) is 4.37. The summed E-state index contributed by atoms with van der Waals surface area (Å²) in [4.78, 5) is 0. The number of anilines is 1. The second-order valence-electron chi connectivity index (χ2n) is 5.36. The van der Waals surface area contributed by atoms with Crippen molar-refractivity contribution in [3.8, 4) is 0 Å². The van der Waals surface area contributed by atoms with Crippen LogP contribution in [0.1, 0.15) is 33.6 Å². The lowest BCUT2D eigenvalue weighted by Crippen LogP contribution is -2.59. The first-order valence-corrected chi connectivity index (χ1v) is 7.22. The lowest BCUT2D eigenvalue weighted by Gasteiger charge is -2.54. The highest BCUT2D eigenvalue weighted by Gasteiger charge is 2.51. The summed E-state index contributed by atoms with van der Waals surface area (Å²) in [6, 6.07) is 4.78. The van der Waals surface area contributed by atoms with Crippen molar-refractivity contribution in [1.29, 1.82) is 0 Å². The predicted octanol–water partition coefficient (Wildman–Crippen LogP) is 4.48. The van der Waals surface area contributed by atoms with Gasteiger partial charge in [-0.15, -0.1) is 0 Å². The Morgan fingerprint density at radius 1 is 1.47 bits per heavy atom. The maximum Gasteiger partial charge on any atom is 0.124 e. The van der Waals surface area contributed by atoms with Crippen LogP contribution >= 0.6 is 11.6 Å². The minimum absolute atomic E-state index is 0.105. The number of hydrogen-bond donors (Lipinski definition) is 1. The van der Waals surface area contributed by atoms with Gasteiger partial charge in [-0.1, -0.05) is 25.4 Å². The van der Waals surface area contributed by atoms with Crippen LogP contribution in [-0.4, -0.2) is 18.8 Å². The van der Waals surface area contributed by atoms with Crippen molar-refractivity contribution < 1.29 is 9.13 Å². The largest absolute Gasteiger partial charge is 0.380 e.